The minimum absolute atomic E-state index is 0.514. The van der Waals surface area contributed by atoms with Crippen LogP contribution in [-0.4, -0.2) is 16.6 Å². The van der Waals surface area contributed by atoms with Gasteiger partial charge in [-0.3, -0.25) is 0 Å². The number of aromatic nitrogens is 2. The second-order valence-corrected chi connectivity index (χ2v) is 4.11. The smallest absolute Gasteiger partial charge is 0.130 e. The van der Waals surface area contributed by atoms with Crippen molar-refractivity contribution in [3.63, 3.8) is 0 Å². The number of hydrogen-bond donors (Lipinski definition) is 1. The molecule has 18 heavy (non-hydrogen) atoms. The van der Waals surface area contributed by atoms with Crippen molar-refractivity contribution in [1.82, 2.24) is 9.97 Å². The van der Waals surface area contributed by atoms with Crippen molar-refractivity contribution in [3.8, 4) is 17.0 Å². The highest BCUT2D eigenvalue weighted by molar-refractivity contribution is 5.67. The molecule has 1 aromatic heterocycles. The molecule has 2 rings (SSSR count). The lowest BCUT2D eigenvalue weighted by Gasteiger charge is -2.09. The number of nitrogens with two attached hydrogens (primary N) is 1. The molecule has 1 aromatic carbocycles. The fourth-order valence-corrected chi connectivity index (χ4v) is 1.71. The summed E-state index contributed by atoms with van der Waals surface area (Å²) >= 11 is 0. The highest BCUT2D eigenvalue weighted by atomic mass is 16.5. The van der Waals surface area contributed by atoms with Crippen LogP contribution in [0.15, 0.2) is 30.6 Å². The van der Waals surface area contributed by atoms with E-state index < -0.39 is 0 Å². The van der Waals surface area contributed by atoms with Gasteiger partial charge in [-0.25, -0.2) is 9.97 Å². The first-order chi connectivity index (χ1) is 8.72. The van der Waals surface area contributed by atoms with Crippen LogP contribution in [0.2, 0.25) is 0 Å². The molecule has 0 spiro atoms. The molecule has 4 nitrogen and oxygen atoms in total. The fraction of sp³-hybridized carbons (Fsp3) is 0.286. The highest BCUT2D eigenvalue weighted by Gasteiger charge is 2.07. The van der Waals surface area contributed by atoms with Gasteiger partial charge in [0.2, 0.25) is 0 Å². The normalized spacial score (nSPS) is 10.3. The minimum atomic E-state index is 0.514. The Morgan fingerprint density at radius 3 is 2.89 bits per heavy atom. The van der Waals surface area contributed by atoms with Crippen molar-refractivity contribution in [3.05, 3.63) is 36.2 Å². The zero-order valence-electron chi connectivity index (χ0n) is 10.7. The molecule has 0 atom stereocenters. The Bertz CT molecular complexity index is 540. The number of anilines is 1. The molecular formula is C14H17N3O. The average molecular weight is 243 g/mol. The molecule has 1 heterocycles. The molecule has 0 saturated heterocycles. The van der Waals surface area contributed by atoms with Gasteiger partial charge in [0.1, 0.15) is 17.9 Å². The van der Waals surface area contributed by atoms with Gasteiger partial charge in [-0.2, -0.15) is 0 Å². The van der Waals surface area contributed by atoms with E-state index in [2.05, 4.69) is 16.9 Å². The zero-order valence-corrected chi connectivity index (χ0v) is 10.7. The van der Waals surface area contributed by atoms with Crippen molar-refractivity contribution in [2.24, 2.45) is 0 Å². The van der Waals surface area contributed by atoms with Crippen molar-refractivity contribution in [2.75, 3.05) is 12.3 Å². The molecule has 0 aliphatic heterocycles. The SMILES string of the molecule is CCCOc1cccc(-c2ncnc(N)c2C)c1. The highest BCUT2D eigenvalue weighted by Crippen LogP contribution is 2.26. The van der Waals surface area contributed by atoms with Gasteiger partial charge in [0, 0.05) is 11.1 Å². The van der Waals surface area contributed by atoms with Crippen LogP contribution >= 0.6 is 0 Å². The Labute approximate surface area is 107 Å². The van der Waals surface area contributed by atoms with Crippen molar-refractivity contribution < 1.29 is 4.74 Å². The second-order valence-electron chi connectivity index (χ2n) is 4.11. The maximum absolute atomic E-state index is 5.79. The third-order valence-electron chi connectivity index (χ3n) is 2.70. The molecule has 0 bridgehead atoms. The van der Waals surface area contributed by atoms with Crippen LogP contribution in [0.1, 0.15) is 18.9 Å². The summed E-state index contributed by atoms with van der Waals surface area (Å²) in [6.07, 6.45) is 2.47. The van der Waals surface area contributed by atoms with E-state index in [1.54, 1.807) is 0 Å². The Hall–Kier alpha value is -2.10. The average Bonchev–Trinajstić information content (AvgIpc) is 2.40. The summed E-state index contributed by atoms with van der Waals surface area (Å²) in [6, 6.07) is 7.87. The summed E-state index contributed by atoms with van der Waals surface area (Å²) in [5.41, 5.74) is 8.53. The van der Waals surface area contributed by atoms with Crippen LogP contribution in [0.5, 0.6) is 5.75 Å². The van der Waals surface area contributed by atoms with Crippen LogP contribution in [-0.2, 0) is 0 Å². The lowest BCUT2D eigenvalue weighted by Crippen LogP contribution is -1.99. The number of ether oxygens (including phenoxy) is 1. The molecule has 4 heteroatoms. The minimum Gasteiger partial charge on any atom is -0.494 e. The van der Waals surface area contributed by atoms with Gasteiger partial charge in [0.25, 0.3) is 0 Å². The Morgan fingerprint density at radius 2 is 2.11 bits per heavy atom. The molecule has 0 amide bonds. The molecule has 0 aliphatic carbocycles. The molecule has 2 aromatic rings. The molecule has 0 fully saturated rings. The van der Waals surface area contributed by atoms with E-state index in [0.717, 1.165) is 29.0 Å². The number of nitrogen functional groups attached to an aromatic ring is 1. The lowest BCUT2D eigenvalue weighted by atomic mass is 10.1. The maximum Gasteiger partial charge on any atom is 0.130 e. The standard InChI is InChI=1S/C14H17N3O/c1-3-7-18-12-6-4-5-11(8-12)13-10(2)14(15)17-9-16-13/h4-6,8-9H,3,7H2,1-2H3,(H2,15,16,17). The molecule has 94 valence electrons. The van der Waals surface area contributed by atoms with Gasteiger partial charge in [0.15, 0.2) is 0 Å². The maximum atomic E-state index is 5.79. The summed E-state index contributed by atoms with van der Waals surface area (Å²) in [7, 11) is 0. The second kappa shape index (κ2) is 5.49. The lowest BCUT2D eigenvalue weighted by molar-refractivity contribution is 0.317. The van der Waals surface area contributed by atoms with Crippen LogP contribution in [0.25, 0.3) is 11.3 Å². The van der Waals surface area contributed by atoms with Gasteiger partial charge in [0.05, 0.1) is 12.3 Å². The van der Waals surface area contributed by atoms with Gasteiger partial charge in [-0.05, 0) is 25.5 Å². The summed E-state index contributed by atoms with van der Waals surface area (Å²) in [6.45, 7) is 4.72. The van der Waals surface area contributed by atoms with E-state index in [1.165, 1.54) is 6.33 Å². The van der Waals surface area contributed by atoms with Crippen LogP contribution in [0, 0.1) is 6.92 Å². The largest absolute Gasteiger partial charge is 0.494 e. The Kier molecular flexibility index (Phi) is 3.77. The van der Waals surface area contributed by atoms with E-state index in [4.69, 9.17) is 10.5 Å². The van der Waals surface area contributed by atoms with Gasteiger partial charge >= 0.3 is 0 Å². The van der Waals surface area contributed by atoms with Crippen LogP contribution in [0.4, 0.5) is 5.82 Å². The van der Waals surface area contributed by atoms with E-state index in [0.29, 0.717) is 12.4 Å². The molecule has 2 N–H and O–H groups in total. The predicted octanol–water partition coefficient (Wildman–Crippen LogP) is 2.82. The first kappa shape index (κ1) is 12.4. The predicted molar refractivity (Wildman–Crippen MR) is 72.4 cm³/mol. The first-order valence-electron chi connectivity index (χ1n) is 6.02. The Balaban J connectivity index is 2.35. The van der Waals surface area contributed by atoms with E-state index in [-0.39, 0.29) is 0 Å². The van der Waals surface area contributed by atoms with Crippen LogP contribution < -0.4 is 10.5 Å². The summed E-state index contributed by atoms with van der Waals surface area (Å²) in [5, 5.41) is 0. The summed E-state index contributed by atoms with van der Waals surface area (Å²) in [5.74, 6) is 1.37. The van der Waals surface area contributed by atoms with E-state index >= 15 is 0 Å². The molecule has 0 aliphatic rings. The number of benzene rings is 1. The molecule has 0 unspecified atom stereocenters. The quantitative estimate of drug-likeness (QED) is 0.897. The Morgan fingerprint density at radius 1 is 1.28 bits per heavy atom. The van der Waals surface area contributed by atoms with Gasteiger partial charge < -0.3 is 10.5 Å². The molecular weight excluding hydrogens is 226 g/mol. The third kappa shape index (κ3) is 2.59. The summed E-state index contributed by atoms with van der Waals surface area (Å²) < 4.78 is 5.61. The number of hydrogen-bond acceptors (Lipinski definition) is 4. The van der Waals surface area contributed by atoms with E-state index in [9.17, 15) is 0 Å². The van der Waals surface area contributed by atoms with Gasteiger partial charge in [-0.15, -0.1) is 0 Å². The summed E-state index contributed by atoms with van der Waals surface area (Å²) in [4.78, 5) is 8.26. The van der Waals surface area contributed by atoms with Crippen molar-refractivity contribution in [2.45, 2.75) is 20.3 Å². The number of rotatable bonds is 4. The van der Waals surface area contributed by atoms with Crippen LogP contribution in [0.3, 0.4) is 0 Å². The number of nitrogens with zero attached hydrogens (tertiary/aromatic N) is 2. The topological polar surface area (TPSA) is 61.0 Å². The van der Waals surface area contributed by atoms with E-state index in [1.807, 2.05) is 31.2 Å². The van der Waals surface area contributed by atoms with Gasteiger partial charge in [-0.1, -0.05) is 19.1 Å². The van der Waals surface area contributed by atoms with Crippen molar-refractivity contribution in [1.29, 1.82) is 0 Å². The molecule has 0 saturated carbocycles. The monoisotopic (exact) mass is 243 g/mol. The zero-order chi connectivity index (χ0) is 13.0. The third-order valence-corrected chi connectivity index (χ3v) is 2.70. The van der Waals surface area contributed by atoms with Crippen molar-refractivity contribution >= 4 is 5.82 Å². The fourth-order valence-electron chi connectivity index (χ4n) is 1.71. The first-order valence-corrected chi connectivity index (χ1v) is 6.02. The molecule has 0 radical (unpaired) electrons.